The van der Waals surface area contributed by atoms with Crippen LogP contribution in [0.1, 0.15) is 16.7 Å². The van der Waals surface area contributed by atoms with Crippen LogP contribution >= 0.6 is 0 Å². The van der Waals surface area contributed by atoms with Crippen molar-refractivity contribution in [3.63, 3.8) is 0 Å². The van der Waals surface area contributed by atoms with Gasteiger partial charge >= 0.3 is 0 Å². The van der Waals surface area contributed by atoms with Crippen LogP contribution < -0.4 is 14.4 Å². The van der Waals surface area contributed by atoms with E-state index >= 15 is 0 Å². The van der Waals surface area contributed by atoms with E-state index in [4.69, 9.17) is 4.74 Å². The van der Waals surface area contributed by atoms with Crippen molar-refractivity contribution in [1.29, 1.82) is 0 Å². The first-order valence-electron chi connectivity index (χ1n) is 15.4. The van der Waals surface area contributed by atoms with Gasteiger partial charge in [-0.2, -0.15) is 0 Å². The van der Waals surface area contributed by atoms with Crippen LogP contribution in [0.3, 0.4) is 0 Å². The molecule has 5 rings (SSSR count). The van der Waals surface area contributed by atoms with Crippen molar-refractivity contribution < 1.29 is 27.1 Å². The van der Waals surface area contributed by atoms with E-state index in [1.165, 1.54) is 42.3 Å². The molecule has 0 heterocycles. The molecule has 0 aromatic heterocycles. The Morgan fingerprint density at radius 1 is 0.771 bits per heavy atom. The maximum atomic E-state index is 15.0. The predicted molar refractivity (Wildman–Crippen MR) is 184 cm³/mol. The highest BCUT2D eigenvalue weighted by Gasteiger charge is 2.34. The van der Waals surface area contributed by atoms with Crippen LogP contribution in [-0.4, -0.2) is 44.8 Å². The number of nitrogens with one attached hydrogen (secondary N) is 1. The molecule has 5 aromatic rings. The molecule has 5 aromatic carbocycles. The topological polar surface area (TPSA) is 96.0 Å². The highest BCUT2D eigenvalue weighted by atomic mass is 32.2. The summed E-state index contributed by atoms with van der Waals surface area (Å²) < 4.78 is 50.3. The number of likely N-dealkylation sites (N-methyl/N-ethyl adjacent to an activating group) is 1. The van der Waals surface area contributed by atoms with E-state index in [-0.39, 0.29) is 29.1 Å². The summed E-state index contributed by atoms with van der Waals surface area (Å²) in [5.74, 6) is -0.648. The van der Waals surface area contributed by atoms with Crippen LogP contribution in [0, 0.1) is 12.7 Å². The Bertz CT molecular complexity index is 1940. The molecule has 0 aliphatic heterocycles. The number of hydrogen-bond donors (Lipinski definition) is 1. The number of anilines is 1. The number of para-hydroxylation sites is 1. The number of rotatable bonds is 13. The molecule has 0 unspecified atom stereocenters. The summed E-state index contributed by atoms with van der Waals surface area (Å²) in [6.07, 6.45) is 0.122. The third-order valence-electron chi connectivity index (χ3n) is 7.81. The Morgan fingerprint density at radius 2 is 1.35 bits per heavy atom. The van der Waals surface area contributed by atoms with Crippen LogP contribution in [0.2, 0.25) is 0 Å². The maximum absolute atomic E-state index is 15.0. The largest absolute Gasteiger partial charge is 0.457 e. The minimum Gasteiger partial charge on any atom is -0.457 e. The second-order valence-electron chi connectivity index (χ2n) is 11.2. The first-order valence-corrected chi connectivity index (χ1v) is 16.8. The fourth-order valence-corrected chi connectivity index (χ4v) is 6.62. The van der Waals surface area contributed by atoms with Gasteiger partial charge in [0.2, 0.25) is 11.8 Å². The highest BCUT2D eigenvalue weighted by molar-refractivity contribution is 7.92. The molecule has 10 heteroatoms. The molecule has 0 saturated carbocycles. The Balaban J connectivity index is 1.55. The quantitative estimate of drug-likeness (QED) is 0.155. The summed E-state index contributed by atoms with van der Waals surface area (Å²) in [7, 11) is -2.83. The molecular formula is C38H36FN3O5S. The first-order chi connectivity index (χ1) is 23.2. The second-order valence-corrected chi connectivity index (χ2v) is 13.0. The second kappa shape index (κ2) is 15.4. The molecule has 0 aliphatic rings. The van der Waals surface area contributed by atoms with Gasteiger partial charge in [0.15, 0.2) is 0 Å². The third kappa shape index (κ3) is 8.26. The lowest BCUT2D eigenvalue weighted by atomic mass is 10.0. The molecule has 0 radical (unpaired) electrons. The van der Waals surface area contributed by atoms with Gasteiger partial charge in [-0.1, -0.05) is 84.4 Å². The fraction of sp³-hybridized carbons (Fsp3) is 0.158. The van der Waals surface area contributed by atoms with E-state index in [1.54, 1.807) is 54.6 Å². The number of halogens is 1. The summed E-state index contributed by atoms with van der Waals surface area (Å²) in [5, 5.41) is 2.62. The molecule has 0 bridgehead atoms. The number of amides is 2. The molecule has 2 amide bonds. The van der Waals surface area contributed by atoms with Crippen molar-refractivity contribution in [2.75, 3.05) is 17.9 Å². The van der Waals surface area contributed by atoms with E-state index < -0.39 is 40.2 Å². The minimum atomic E-state index is -4.29. The average Bonchev–Trinajstić information content (AvgIpc) is 3.10. The molecule has 1 atom stereocenters. The van der Waals surface area contributed by atoms with Crippen LogP contribution in [0.4, 0.5) is 10.1 Å². The van der Waals surface area contributed by atoms with Gasteiger partial charge in [0, 0.05) is 25.6 Å². The van der Waals surface area contributed by atoms with Gasteiger partial charge in [-0.05, 0) is 67.1 Å². The number of carbonyl (C=O) groups excluding carboxylic acids is 2. The van der Waals surface area contributed by atoms with E-state index in [9.17, 15) is 22.4 Å². The van der Waals surface area contributed by atoms with Gasteiger partial charge in [-0.25, -0.2) is 12.8 Å². The van der Waals surface area contributed by atoms with Crippen LogP contribution in [0.25, 0.3) is 0 Å². The molecule has 246 valence electrons. The molecule has 8 nitrogen and oxygen atoms in total. The molecule has 0 saturated heterocycles. The normalized spacial score (nSPS) is 11.7. The molecule has 0 fully saturated rings. The summed E-state index contributed by atoms with van der Waals surface area (Å²) in [6.45, 7) is 0.917. The standard InChI is InChI=1S/C38H36FN3O5S/c1-28-17-23-34(24-18-28)48(45,46)42(31-19-21-33(22-20-31)47-32-14-7-4-8-15-32)27-37(43)41(26-30-13-9-10-16-35(30)39)36(38(44)40-2)25-29-11-5-3-6-12-29/h3-24,36H,25-27H2,1-2H3,(H,40,44)/t36-/m1/s1. The lowest BCUT2D eigenvalue weighted by molar-refractivity contribution is -0.139. The zero-order valence-electron chi connectivity index (χ0n) is 26.6. The predicted octanol–water partition coefficient (Wildman–Crippen LogP) is 6.51. The SMILES string of the molecule is CNC(=O)[C@@H](Cc1ccccc1)N(Cc1ccccc1F)C(=O)CN(c1ccc(Oc2ccccc2)cc1)S(=O)(=O)c1ccc(C)cc1. The Morgan fingerprint density at radius 3 is 1.98 bits per heavy atom. The number of aryl methyl sites for hydroxylation is 1. The average molecular weight is 666 g/mol. The van der Waals surface area contributed by atoms with Gasteiger partial charge in [-0.15, -0.1) is 0 Å². The summed E-state index contributed by atoms with van der Waals surface area (Å²) in [4.78, 5) is 29.0. The van der Waals surface area contributed by atoms with Crippen molar-refractivity contribution in [2.45, 2.75) is 30.8 Å². The number of nitrogens with zero attached hydrogens (tertiary/aromatic N) is 2. The summed E-state index contributed by atoms with van der Waals surface area (Å²) in [6, 6.07) is 35.8. The van der Waals surface area contributed by atoms with E-state index in [0.717, 1.165) is 15.4 Å². The highest BCUT2D eigenvalue weighted by Crippen LogP contribution is 2.29. The summed E-state index contributed by atoms with van der Waals surface area (Å²) in [5.41, 5.74) is 2.03. The zero-order chi connectivity index (χ0) is 34.1. The van der Waals surface area contributed by atoms with Gasteiger partial charge < -0.3 is 15.0 Å². The van der Waals surface area contributed by atoms with Gasteiger partial charge in [-0.3, -0.25) is 13.9 Å². The van der Waals surface area contributed by atoms with Crippen molar-refractivity contribution >= 4 is 27.5 Å². The number of ether oxygens (including phenoxy) is 1. The van der Waals surface area contributed by atoms with Crippen molar-refractivity contribution in [1.82, 2.24) is 10.2 Å². The molecule has 48 heavy (non-hydrogen) atoms. The molecule has 0 aliphatic carbocycles. The van der Waals surface area contributed by atoms with E-state index in [2.05, 4.69) is 5.32 Å². The Kier molecular flexibility index (Phi) is 10.9. The third-order valence-corrected chi connectivity index (χ3v) is 9.60. The van der Waals surface area contributed by atoms with Gasteiger partial charge in [0.25, 0.3) is 10.0 Å². The number of sulfonamides is 1. The number of hydrogen-bond acceptors (Lipinski definition) is 5. The van der Waals surface area contributed by atoms with E-state index in [0.29, 0.717) is 11.5 Å². The van der Waals surface area contributed by atoms with E-state index in [1.807, 2.05) is 55.5 Å². The van der Waals surface area contributed by atoms with Crippen molar-refractivity contribution in [3.8, 4) is 11.5 Å². The molecule has 0 spiro atoms. The Labute approximate surface area is 280 Å². The van der Waals surface area contributed by atoms with Gasteiger partial charge in [0.05, 0.1) is 10.6 Å². The maximum Gasteiger partial charge on any atom is 0.264 e. The van der Waals surface area contributed by atoms with Crippen LogP contribution in [0.5, 0.6) is 11.5 Å². The smallest absolute Gasteiger partial charge is 0.264 e. The zero-order valence-corrected chi connectivity index (χ0v) is 27.4. The molecular weight excluding hydrogens is 629 g/mol. The van der Waals surface area contributed by atoms with Gasteiger partial charge in [0.1, 0.15) is 29.9 Å². The van der Waals surface area contributed by atoms with Crippen molar-refractivity contribution in [3.05, 3.63) is 156 Å². The number of benzene rings is 5. The Hall–Kier alpha value is -5.48. The van der Waals surface area contributed by atoms with Crippen molar-refractivity contribution in [2.24, 2.45) is 0 Å². The fourth-order valence-electron chi connectivity index (χ4n) is 5.20. The first kappa shape index (κ1) is 33.9. The van der Waals surface area contributed by atoms with Crippen LogP contribution in [0.15, 0.2) is 138 Å². The lowest BCUT2D eigenvalue weighted by Crippen LogP contribution is -2.53. The minimum absolute atomic E-state index is 0.0155. The number of carbonyl (C=O) groups is 2. The summed E-state index contributed by atoms with van der Waals surface area (Å²) >= 11 is 0. The van der Waals surface area contributed by atoms with Crippen LogP contribution in [-0.2, 0) is 32.6 Å². The molecule has 1 N–H and O–H groups in total. The lowest BCUT2D eigenvalue weighted by Gasteiger charge is -2.33. The monoisotopic (exact) mass is 665 g/mol.